The number of pyridine rings is 1. The van der Waals surface area contributed by atoms with Gasteiger partial charge in [-0.1, -0.05) is 65.8 Å². The molecule has 0 spiro atoms. The number of fused-ring (bicyclic) bond motifs is 3. The first-order valence-corrected chi connectivity index (χ1v) is 30.2. The molecule has 0 unspecified atom stereocenters. The number of amides is 6. The SMILES string of the molecule is COC(=O)CCN(CCC[C@@H]1NCc2cccnc2Sc2c(Cl)ccc(-c3ccc(S(=O)(=O)NC(C)=O)cc3)c2CNC(=O)[C@H](Cc2cn(C(=O)O)c3ccccc23)N(C)C(=O)[C@H](CCCCNC(=O)OC(C)(C)C)NC1=O)C(=O)OC(C)(C)C. The van der Waals surface area contributed by atoms with Crippen molar-refractivity contribution in [2.45, 2.75) is 151 Å². The van der Waals surface area contributed by atoms with E-state index >= 15 is 14.4 Å². The number of carbonyl (C=O) groups is 8. The lowest BCUT2D eigenvalue weighted by Crippen LogP contribution is -2.57. The van der Waals surface area contributed by atoms with Crippen LogP contribution in [-0.4, -0.2) is 144 Å². The van der Waals surface area contributed by atoms with Gasteiger partial charge in [0, 0.05) is 75.8 Å². The maximum Gasteiger partial charge on any atom is 0.416 e. The molecule has 5 aromatic rings. The Morgan fingerprint density at radius 1 is 0.859 bits per heavy atom. The van der Waals surface area contributed by atoms with Crippen LogP contribution in [0.25, 0.3) is 22.0 Å². The van der Waals surface area contributed by atoms with Gasteiger partial charge in [-0.25, -0.2) is 32.5 Å². The number of nitrogens with one attached hydrogen (secondary N) is 5. The molecule has 6 rings (SSSR count). The molecule has 3 heterocycles. The van der Waals surface area contributed by atoms with Gasteiger partial charge in [0.05, 0.1) is 35.0 Å². The number of aromatic nitrogens is 2. The molecule has 6 amide bonds. The summed E-state index contributed by atoms with van der Waals surface area (Å²) < 4.78 is 45.0. The molecule has 26 heteroatoms. The van der Waals surface area contributed by atoms with Gasteiger partial charge in [-0.15, -0.1) is 0 Å². The predicted molar refractivity (Wildman–Crippen MR) is 318 cm³/mol. The quantitative estimate of drug-likeness (QED) is 0.0294. The van der Waals surface area contributed by atoms with Gasteiger partial charge >= 0.3 is 24.2 Å². The minimum atomic E-state index is -4.22. The molecule has 0 fully saturated rings. The maximum absolute atomic E-state index is 15.4. The monoisotopic (exact) mass is 1230 g/mol. The number of carbonyl (C=O) groups excluding carboxylic acids is 7. The fourth-order valence-corrected chi connectivity index (χ4v) is 11.7. The Hall–Kier alpha value is -7.74. The highest BCUT2D eigenvalue weighted by Gasteiger charge is 2.36. The van der Waals surface area contributed by atoms with E-state index in [2.05, 4.69) is 21.3 Å². The number of halogens is 1. The van der Waals surface area contributed by atoms with Crippen LogP contribution in [0.5, 0.6) is 0 Å². The Morgan fingerprint density at radius 2 is 1.55 bits per heavy atom. The average Bonchev–Trinajstić information content (AvgIpc) is 3.08. The fraction of sp³-hybridized carbons (Fsp3) is 0.441. The van der Waals surface area contributed by atoms with Crippen LogP contribution in [0.1, 0.15) is 104 Å². The number of alkyl carbamates (subject to hydrolysis) is 1. The molecule has 3 atom stereocenters. The van der Waals surface area contributed by atoms with Gasteiger partial charge in [-0.2, -0.15) is 0 Å². The Balaban J connectivity index is 1.48. The van der Waals surface area contributed by atoms with Gasteiger partial charge in [0.2, 0.25) is 23.6 Å². The highest BCUT2D eigenvalue weighted by atomic mass is 35.5. The number of carboxylic acid groups (broad SMARTS) is 1. The van der Waals surface area contributed by atoms with Crippen LogP contribution in [0.2, 0.25) is 5.02 Å². The van der Waals surface area contributed by atoms with Crippen LogP contribution in [0.4, 0.5) is 14.4 Å². The lowest BCUT2D eigenvalue weighted by atomic mass is 9.98. The maximum atomic E-state index is 15.4. The highest BCUT2D eigenvalue weighted by molar-refractivity contribution is 7.99. The van der Waals surface area contributed by atoms with Crippen molar-refractivity contribution in [3.8, 4) is 11.1 Å². The molecule has 23 nitrogen and oxygen atoms in total. The number of hydrogen-bond donors (Lipinski definition) is 6. The number of ether oxygens (including phenoxy) is 3. The average molecular weight is 1230 g/mol. The molecule has 85 heavy (non-hydrogen) atoms. The Bertz CT molecular complexity index is 3380. The van der Waals surface area contributed by atoms with E-state index in [4.69, 9.17) is 30.8 Å². The van der Waals surface area contributed by atoms with Gasteiger partial charge in [-0.3, -0.25) is 28.5 Å². The summed E-state index contributed by atoms with van der Waals surface area (Å²) in [6.45, 7) is 11.4. The molecule has 0 saturated heterocycles. The molecule has 0 saturated carbocycles. The third-order valence-corrected chi connectivity index (χ3v) is 16.5. The van der Waals surface area contributed by atoms with E-state index in [1.807, 2.05) is 4.72 Å². The van der Waals surface area contributed by atoms with E-state index in [9.17, 15) is 37.5 Å². The van der Waals surface area contributed by atoms with Gasteiger partial charge in [0.25, 0.3) is 10.0 Å². The number of unbranched alkanes of at least 4 members (excludes halogenated alkanes) is 1. The first kappa shape index (κ1) is 66.4. The molecule has 1 aliphatic heterocycles. The van der Waals surface area contributed by atoms with Gasteiger partial charge < -0.3 is 50.4 Å². The van der Waals surface area contributed by atoms with E-state index in [-0.39, 0.29) is 81.2 Å². The zero-order chi connectivity index (χ0) is 62.4. The summed E-state index contributed by atoms with van der Waals surface area (Å²) in [6.07, 6.45) is 0.915. The number of benzene rings is 3. The number of esters is 1. The topological polar surface area (TPSA) is 303 Å². The van der Waals surface area contributed by atoms with Crippen molar-refractivity contribution in [3.05, 3.63) is 107 Å². The van der Waals surface area contributed by atoms with E-state index in [0.717, 1.165) is 11.5 Å². The summed E-state index contributed by atoms with van der Waals surface area (Å²) in [5, 5.41) is 23.6. The molecule has 3 aromatic carbocycles. The molecule has 458 valence electrons. The summed E-state index contributed by atoms with van der Waals surface area (Å²) >= 11 is 8.30. The number of methoxy groups -OCH3 is 1. The van der Waals surface area contributed by atoms with E-state index in [0.29, 0.717) is 55.1 Å². The zero-order valence-corrected chi connectivity index (χ0v) is 51.4. The van der Waals surface area contributed by atoms with Crippen LogP contribution in [0.15, 0.2) is 100 Å². The second-order valence-corrected chi connectivity index (χ2v) is 25.3. The lowest BCUT2D eigenvalue weighted by Gasteiger charge is -2.32. The molecule has 1 aliphatic rings. The minimum Gasteiger partial charge on any atom is -0.469 e. The Kier molecular flexibility index (Phi) is 22.9. The van der Waals surface area contributed by atoms with Crippen LogP contribution in [0, 0.1) is 0 Å². The molecule has 6 N–H and O–H groups in total. The first-order chi connectivity index (χ1) is 40.0. The number of sulfonamides is 1. The van der Waals surface area contributed by atoms with Crippen LogP contribution < -0.4 is 26.0 Å². The van der Waals surface area contributed by atoms with Gasteiger partial charge in [0.15, 0.2) is 0 Å². The van der Waals surface area contributed by atoms with Crippen molar-refractivity contribution < 1.29 is 66.1 Å². The third-order valence-electron chi connectivity index (χ3n) is 13.4. The Labute approximate surface area is 503 Å². The molecule has 2 aromatic heterocycles. The minimum absolute atomic E-state index is 0.0216. The smallest absolute Gasteiger partial charge is 0.416 e. The van der Waals surface area contributed by atoms with Crippen molar-refractivity contribution in [1.82, 2.24) is 45.3 Å². The Morgan fingerprint density at radius 3 is 2.22 bits per heavy atom. The summed E-state index contributed by atoms with van der Waals surface area (Å²) in [6, 6.07) is 15.6. The number of nitrogens with zero attached hydrogens (tertiary/aromatic N) is 4. The van der Waals surface area contributed by atoms with Crippen LogP contribution in [0.3, 0.4) is 0 Å². The summed E-state index contributed by atoms with van der Waals surface area (Å²) in [5.41, 5.74) is 1.19. The van der Waals surface area contributed by atoms with Crippen LogP contribution >= 0.6 is 23.4 Å². The van der Waals surface area contributed by atoms with Crippen molar-refractivity contribution in [3.63, 3.8) is 0 Å². The standard InChI is InChI=1S/C59H74ClN9O14S2/c1-36(70)66-85(79,80)40-23-21-37(22-24-40)41-25-26-44(60)50-43(41)34-64-52(73)48(32-39-35-69(56(76)77)47-20-11-10-17-42(39)47)67(8)54(74)46(18-12-13-28-62-55(75)82-58(2,3)4)65-51(72)45(63-33-38-16-14-29-61-53(38)84-50)19-15-30-68(31-27-49(71)81-9)57(78)83-59(5,6)7/h10-11,14,16-17,20-26,29,35,45-46,48,63H,12-13,15,18-19,27-28,30-34H2,1-9H3,(H,62,75)(H,64,73)(H,65,72)(H,66,70)(H,76,77)/t45-,46-,48-/m0/s1. The van der Waals surface area contributed by atoms with Crippen LogP contribution in [-0.2, 0) is 67.7 Å². The fourth-order valence-electron chi connectivity index (χ4n) is 9.34. The summed E-state index contributed by atoms with van der Waals surface area (Å²) in [7, 11) is -1.57. The number of likely N-dealkylation sites (N-methyl/N-ethyl adjacent to an activating group) is 1. The van der Waals surface area contributed by atoms with Crippen molar-refractivity contribution in [1.29, 1.82) is 0 Å². The van der Waals surface area contributed by atoms with E-state index in [1.54, 1.807) is 108 Å². The number of para-hydroxylation sites is 1. The second kappa shape index (κ2) is 29.4. The molecular formula is C59H74ClN9O14S2. The van der Waals surface area contributed by atoms with Gasteiger partial charge in [-0.05, 0) is 132 Å². The number of rotatable bonds is 17. The zero-order valence-electron chi connectivity index (χ0n) is 49.0. The predicted octanol–water partition coefficient (Wildman–Crippen LogP) is 7.78. The van der Waals surface area contributed by atoms with E-state index < -0.39 is 87.2 Å². The highest BCUT2D eigenvalue weighted by Crippen LogP contribution is 2.41. The normalized spacial score (nSPS) is 16.4. The molecule has 0 bridgehead atoms. The van der Waals surface area contributed by atoms with E-state index in [1.165, 1.54) is 54.0 Å². The molecule has 0 aliphatic carbocycles. The molecular weight excluding hydrogens is 1160 g/mol. The van der Waals surface area contributed by atoms with Crippen molar-refractivity contribution in [2.24, 2.45) is 0 Å². The van der Waals surface area contributed by atoms with Gasteiger partial charge in [0.1, 0.15) is 28.3 Å². The summed E-state index contributed by atoms with van der Waals surface area (Å²) in [4.78, 5) is 116. The second-order valence-electron chi connectivity index (χ2n) is 22.2. The molecule has 0 radical (unpaired) electrons. The third kappa shape index (κ3) is 18.9. The van der Waals surface area contributed by atoms with Crippen molar-refractivity contribution in [2.75, 3.05) is 33.8 Å². The lowest BCUT2D eigenvalue weighted by molar-refractivity contribution is -0.142. The van der Waals surface area contributed by atoms with Crippen molar-refractivity contribution >= 4 is 92.2 Å². The number of hydrogen-bond acceptors (Lipinski definition) is 16. The summed E-state index contributed by atoms with van der Waals surface area (Å²) in [5.74, 6) is -3.30. The largest absolute Gasteiger partial charge is 0.469 e. The first-order valence-electron chi connectivity index (χ1n) is 27.5.